The van der Waals surface area contributed by atoms with Gasteiger partial charge in [-0.15, -0.1) is 5.10 Å². The lowest BCUT2D eigenvalue weighted by molar-refractivity contribution is 0.589. The van der Waals surface area contributed by atoms with E-state index < -0.39 is 0 Å². The minimum Gasteiger partial charge on any atom is -0.330 e. The van der Waals surface area contributed by atoms with Crippen molar-refractivity contribution in [1.29, 1.82) is 0 Å². The highest BCUT2D eigenvalue weighted by Gasteiger charge is 2.04. The van der Waals surface area contributed by atoms with Crippen molar-refractivity contribution in [1.82, 2.24) is 29.8 Å². The zero-order chi connectivity index (χ0) is 10.7. The maximum Gasteiger partial charge on any atom is 0.148 e. The first-order valence-electron chi connectivity index (χ1n) is 4.71. The molecule has 0 radical (unpaired) electrons. The number of hydrogen-bond acceptors (Lipinski definition) is 5. The van der Waals surface area contributed by atoms with Crippen molar-refractivity contribution in [3.63, 3.8) is 0 Å². The van der Waals surface area contributed by atoms with Gasteiger partial charge >= 0.3 is 0 Å². The van der Waals surface area contributed by atoms with Crippen LogP contribution in [0.15, 0.2) is 12.5 Å². The SMILES string of the molecule is Cn1ncnc1Cn1cc(CCN)nn1. The van der Waals surface area contributed by atoms with E-state index in [2.05, 4.69) is 20.4 Å². The van der Waals surface area contributed by atoms with Gasteiger partial charge in [0.05, 0.1) is 5.69 Å². The second-order valence-corrected chi connectivity index (χ2v) is 3.25. The quantitative estimate of drug-likeness (QED) is 0.691. The molecule has 0 amide bonds. The van der Waals surface area contributed by atoms with Gasteiger partial charge in [0, 0.05) is 19.7 Å². The van der Waals surface area contributed by atoms with E-state index in [0.29, 0.717) is 13.1 Å². The van der Waals surface area contributed by atoms with Crippen LogP contribution in [0.2, 0.25) is 0 Å². The fourth-order valence-corrected chi connectivity index (χ4v) is 1.29. The highest BCUT2D eigenvalue weighted by Crippen LogP contribution is 1.98. The first-order valence-corrected chi connectivity index (χ1v) is 4.71. The Morgan fingerprint density at radius 2 is 2.33 bits per heavy atom. The van der Waals surface area contributed by atoms with E-state index in [9.17, 15) is 0 Å². The molecule has 15 heavy (non-hydrogen) atoms. The summed E-state index contributed by atoms with van der Waals surface area (Å²) in [6.07, 6.45) is 4.15. The lowest BCUT2D eigenvalue weighted by Gasteiger charge is -1.98. The van der Waals surface area contributed by atoms with E-state index in [1.807, 2.05) is 13.2 Å². The molecule has 2 rings (SSSR count). The van der Waals surface area contributed by atoms with E-state index >= 15 is 0 Å². The van der Waals surface area contributed by atoms with Gasteiger partial charge in [-0.25, -0.2) is 9.67 Å². The molecule has 0 bridgehead atoms. The third kappa shape index (κ3) is 2.18. The minimum absolute atomic E-state index is 0.577. The molecule has 0 aliphatic rings. The van der Waals surface area contributed by atoms with Gasteiger partial charge in [0.15, 0.2) is 0 Å². The van der Waals surface area contributed by atoms with Crippen molar-refractivity contribution in [3.05, 3.63) is 24.0 Å². The van der Waals surface area contributed by atoms with Crippen LogP contribution in [0, 0.1) is 0 Å². The normalized spacial score (nSPS) is 10.8. The Bertz CT molecular complexity index is 430. The van der Waals surface area contributed by atoms with Gasteiger partial charge in [-0.3, -0.25) is 4.68 Å². The van der Waals surface area contributed by atoms with Crippen LogP contribution in [0.3, 0.4) is 0 Å². The van der Waals surface area contributed by atoms with Crippen LogP contribution in [0.5, 0.6) is 0 Å². The zero-order valence-corrected chi connectivity index (χ0v) is 8.54. The minimum atomic E-state index is 0.577. The van der Waals surface area contributed by atoms with Gasteiger partial charge in [0.1, 0.15) is 18.7 Å². The summed E-state index contributed by atoms with van der Waals surface area (Å²) in [5, 5.41) is 12.0. The molecular weight excluding hydrogens is 194 g/mol. The van der Waals surface area contributed by atoms with E-state index in [4.69, 9.17) is 5.73 Å². The summed E-state index contributed by atoms with van der Waals surface area (Å²) in [7, 11) is 1.85. The molecular formula is C8H13N7. The molecule has 7 nitrogen and oxygen atoms in total. The van der Waals surface area contributed by atoms with Crippen molar-refractivity contribution in [2.24, 2.45) is 12.8 Å². The molecule has 0 aliphatic carbocycles. The first kappa shape index (κ1) is 9.78. The molecule has 0 atom stereocenters. The highest BCUT2D eigenvalue weighted by atomic mass is 15.4. The lowest BCUT2D eigenvalue weighted by Crippen LogP contribution is -2.07. The molecule has 0 unspecified atom stereocenters. The Morgan fingerprint density at radius 1 is 1.47 bits per heavy atom. The number of aromatic nitrogens is 6. The maximum absolute atomic E-state index is 5.43. The predicted octanol–water partition coefficient (Wildman–Crippen LogP) is -1.04. The molecule has 0 saturated heterocycles. The molecule has 2 aromatic heterocycles. The monoisotopic (exact) mass is 207 g/mol. The second kappa shape index (κ2) is 4.18. The molecule has 0 saturated carbocycles. The lowest BCUT2D eigenvalue weighted by atomic mass is 10.3. The summed E-state index contributed by atoms with van der Waals surface area (Å²) in [6.45, 7) is 1.16. The van der Waals surface area contributed by atoms with Crippen LogP contribution >= 0.6 is 0 Å². The fourth-order valence-electron chi connectivity index (χ4n) is 1.29. The Hall–Kier alpha value is -1.76. The first-order chi connectivity index (χ1) is 7.29. The molecule has 2 N–H and O–H groups in total. The Kier molecular flexibility index (Phi) is 2.72. The van der Waals surface area contributed by atoms with Crippen molar-refractivity contribution < 1.29 is 0 Å². The van der Waals surface area contributed by atoms with Crippen LogP contribution in [0.25, 0.3) is 0 Å². The highest BCUT2D eigenvalue weighted by molar-refractivity contribution is 4.94. The summed E-state index contributed by atoms with van der Waals surface area (Å²) in [6, 6.07) is 0. The summed E-state index contributed by atoms with van der Waals surface area (Å²) in [5.74, 6) is 0.846. The van der Waals surface area contributed by atoms with E-state index in [1.165, 1.54) is 6.33 Å². The Balaban J connectivity index is 2.08. The number of aryl methyl sites for hydroxylation is 1. The standard InChI is InChI=1S/C8H13N7/c1-14-8(10-6-11-14)5-15-4-7(2-3-9)12-13-15/h4,6H,2-3,5,9H2,1H3. The number of nitrogens with two attached hydrogens (primary N) is 1. The van der Waals surface area contributed by atoms with Crippen LogP contribution in [-0.4, -0.2) is 36.3 Å². The van der Waals surface area contributed by atoms with Gasteiger partial charge in [-0.2, -0.15) is 5.10 Å². The third-order valence-electron chi connectivity index (χ3n) is 2.10. The van der Waals surface area contributed by atoms with Crippen molar-refractivity contribution in [3.8, 4) is 0 Å². The largest absolute Gasteiger partial charge is 0.330 e. The summed E-state index contributed by atoms with van der Waals surface area (Å²) in [4.78, 5) is 4.10. The number of hydrogen-bond donors (Lipinski definition) is 1. The molecule has 0 aliphatic heterocycles. The van der Waals surface area contributed by atoms with Crippen LogP contribution in [0.4, 0.5) is 0 Å². The molecule has 2 aromatic rings. The predicted molar refractivity (Wildman–Crippen MR) is 52.9 cm³/mol. The average Bonchev–Trinajstić information content (AvgIpc) is 2.79. The summed E-state index contributed by atoms with van der Waals surface area (Å²) in [5.41, 5.74) is 6.33. The molecule has 0 fully saturated rings. The van der Waals surface area contributed by atoms with Gasteiger partial charge in [-0.05, 0) is 6.54 Å². The van der Waals surface area contributed by atoms with Crippen LogP contribution < -0.4 is 5.73 Å². The summed E-state index contributed by atoms with van der Waals surface area (Å²) < 4.78 is 3.44. The summed E-state index contributed by atoms with van der Waals surface area (Å²) >= 11 is 0. The third-order valence-corrected chi connectivity index (χ3v) is 2.10. The Morgan fingerprint density at radius 3 is 3.00 bits per heavy atom. The van der Waals surface area contributed by atoms with E-state index in [1.54, 1.807) is 9.36 Å². The number of rotatable bonds is 4. The molecule has 80 valence electrons. The smallest absolute Gasteiger partial charge is 0.148 e. The fraction of sp³-hybridized carbons (Fsp3) is 0.500. The molecule has 0 aromatic carbocycles. The topological polar surface area (TPSA) is 87.4 Å². The Labute approximate surface area is 86.9 Å². The molecule has 7 heteroatoms. The van der Waals surface area contributed by atoms with Crippen molar-refractivity contribution in [2.45, 2.75) is 13.0 Å². The molecule has 2 heterocycles. The van der Waals surface area contributed by atoms with Crippen molar-refractivity contribution >= 4 is 0 Å². The maximum atomic E-state index is 5.43. The van der Waals surface area contributed by atoms with E-state index in [0.717, 1.165) is 17.9 Å². The van der Waals surface area contributed by atoms with Gasteiger partial charge in [0.2, 0.25) is 0 Å². The van der Waals surface area contributed by atoms with Crippen LogP contribution in [-0.2, 0) is 20.0 Å². The average molecular weight is 207 g/mol. The van der Waals surface area contributed by atoms with Gasteiger partial charge in [0.25, 0.3) is 0 Å². The second-order valence-electron chi connectivity index (χ2n) is 3.25. The van der Waals surface area contributed by atoms with Gasteiger partial charge in [-0.1, -0.05) is 5.21 Å². The van der Waals surface area contributed by atoms with Crippen LogP contribution in [0.1, 0.15) is 11.5 Å². The number of nitrogens with zero attached hydrogens (tertiary/aromatic N) is 6. The van der Waals surface area contributed by atoms with Crippen molar-refractivity contribution in [2.75, 3.05) is 6.54 Å². The zero-order valence-electron chi connectivity index (χ0n) is 8.54. The van der Waals surface area contributed by atoms with Gasteiger partial charge < -0.3 is 5.73 Å². The van der Waals surface area contributed by atoms with E-state index in [-0.39, 0.29) is 0 Å². The molecule has 0 spiro atoms.